The Morgan fingerprint density at radius 3 is 2.38 bits per heavy atom. The average Bonchev–Trinajstić information content (AvgIpc) is 2.66. The molecule has 2 unspecified atom stereocenters. The van der Waals surface area contributed by atoms with E-state index in [1.54, 1.807) is 12.1 Å². The maximum Gasteiger partial charge on any atom is 0.285 e. The molecule has 1 aromatic rings. The van der Waals surface area contributed by atoms with E-state index in [4.69, 9.17) is 16.3 Å². The standard InChI is InChI=1S/C21H31ClN2O4S/c1-14(21(2,3)4)20(26)24-11-9-16(10-12-24)29(6,27)23-19(25)15-7-8-17(22)18(13-15)28-5/h7-8,13-14,16H,9-12H2,1-6H3. The van der Waals surface area contributed by atoms with Crippen LogP contribution in [0.4, 0.5) is 0 Å². The van der Waals surface area contributed by atoms with Gasteiger partial charge in [0.1, 0.15) is 5.75 Å². The van der Waals surface area contributed by atoms with Crippen LogP contribution in [-0.2, 0) is 14.5 Å². The summed E-state index contributed by atoms with van der Waals surface area (Å²) in [6.07, 6.45) is 2.66. The molecule has 0 spiro atoms. The van der Waals surface area contributed by atoms with Crippen molar-refractivity contribution in [3.63, 3.8) is 0 Å². The van der Waals surface area contributed by atoms with Crippen molar-refractivity contribution in [1.82, 2.24) is 4.90 Å². The second-order valence-corrected chi connectivity index (χ2v) is 11.7. The lowest BCUT2D eigenvalue weighted by Gasteiger charge is -2.37. The summed E-state index contributed by atoms with van der Waals surface area (Å²) in [5.74, 6) is -0.140. The highest BCUT2D eigenvalue weighted by molar-refractivity contribution is 7.93. The molecule has 2 amide bonds. The van der Waals surface area contributed by atoms with Gasteiger partial charge in [0.15, 0.2) is 0 Å². The van der Waals surface area contributed by atoms with Crippen molar-refractivity contribution >= 4 is 33.1 Å². The minimum absolute atomic E-state index is 0.0869. The van der Waals surface area contributed by atoms with Gasteiger partial charge in [-0.25, -0.2) is 4.21 Å². The highest BCUT2D eigenvalue weighted by Gasteiger charge is 2.34. The summed E-state index contributed by atoms with van der Waals surface area (Å²) in [5.41, 5.74) is 0.181. The highest BCUT2D eigenvalue weighted by atomic mass is 35.5. The number of hydrogen-bond donors (Lipinski definition) is 0. The molecule has 2 atom stereocenters. The molecule has 0 saturated carbocycles. The Balaban J connectivity index is 2.10. The van der Waals surface area contributed by atoms with Gasteiger partial charge in [0, 0.05) is 36.1 Å². The zero-order valence-corrected chi connectivity index (χ0v) is 19.6. The Bertz CT molecular complexity index is 892. The molecule has 1 aromatic carbocycles. The maximum absolute atomic E-state index is 13.2. The molecule has 1 fully saturated rings. The van der Waals surface area contributed by atoms with Crippen LogP contribution >= 0.6 is 11.6 Å². The molecule has 6 nitrogen and oxygen atoms in total. The second-order valence-electron chi connectivity index (χ2n) is 8.72. The first-order valence-electron chi connectivity index (χ1n) is 9.74. The number of amides is 2. The Labute approximate surface area is 179 Å². The molecule has 8 heteroatoms. The number of nitrogens with zero attached hydrogens (tertiary/aromatic N) is 2. The van der Waals surface area contributed by atoms with Crippen LogP contribution in [0.25, 0.3) is 0 Å². The van der Waals surface area contributed by atoms with Gasteiger partial charge in [-0.1, -0.05) is 39.3 Å². The van der Waals surface area contributed by atoms with E-state index in [1.807, 2.05) is 11.8 Å². The quantitative estimate of drug-likeness (QED) is 0.698. The molecular formula is C21H31ClN2O4S. The number of methoxy groups -OCH3 is 1. The molecule has 1 saturated heterocycles. The van der Waals surface area contributed by atoms with Crippen LogP contribution in [0.15, 0.2) is 22.6 Å². The smallest absolute Gasteiger partial charge is 0.285 e. The Morgan fingerprint density at radius 1 is 1.28 bits per heavy atom. The summed E-state index contributed by atoms with van der Waals surface area (Å²) in [6, 6.07) is 4.60. The third-order valence-corrected chi connectivity index (χ3v) is 8.25. The van der Waals surface area contributed by atoms with Crippen molar-refractivity contribution in [2.24, 2.45) is 15.7 Å². The first kappa shape index (κ1) is 23.7. The van der Waals surface area contributed by atoms with Crippen molar-refractivity contribution in [3.05, 3.63) is 28.8 Å². The minimum Gasteiger partial charge on any atom is -0.495 e. The molecule has 0 aromatic heterocycles. The van der Waals surface area contributed by atoms with Crippen molar-refractivity contribution in [2.75, 3.05) is 26.5 Å². The number of likely N-dealkylation sites (tertiary alicyclic amines) is 1. The van der Waals surface area contributed by atoms with Gasteiger partial charge in [0.25, 0.3) is 5.91 Å². The fourth-order valence-corrected chi connectivity index (χ4v) is 5.11. The summed E-state index contributed by atoms with van der Waals surface area (Å²) in [6.45, 7) is 9.18. The molecule has 162 valence electrons. The topological polar surface area (TPSA) is 76.0 Å². The zero-order valence-electron chi connectivity index (χ0n) is 18.0. The SMILES string of the molecule is COc1cc(C(=O)N=S(C)(=O)C2CCN(C(=O)C(C)C(C)(C)C)CC2)ccc1Cl. The van der Waals surface area contributed by atoms with Crippen LogP contribution in [0.2, 0.25) is 5.02 Å². The Morgan fingerprint density at radius 2 is 1.86 bits per heavy atom. The van der Waals surface area contributed by atoms with E-state index in [9.17, 15) is 13.8 Å². The van der Waals surface area contributed by atoms with Crippen molar-refractivity contribution in [1.29, 1.82) is 0 Å². The summed E-state index contributed by atoms with van der Waals surface area (Å²) in [4.78, 5) is 27.1. The molecule has 2 rings (SSSR count). The Hall–Kier alpha value is -1.60. The lowest BCUT2D eigenvalue weighted by atomic mass is 9.81. The number of hydrogen-bond acceptors (Lipinski definition) is 4. The number of piperidine rings is 1. The van der Waals surface area contributed by atoms with Gasteiger partial charge in [0.05, 0.1) is 21.9 Å². The maximum atomic E-state index is 13.2. The number of halogens is 1. The van der Waals surface area contributed by atoms with E-state index >= 15 is 0 Å². The number of benzene rings is 1. The van der Waals surface area contributed by atoms with Gasteiger partial charge in [-0.15, -0.1) is 0 Å². The molecule has 0 radical (unpaired) electrons. The molecule has 1 aliphatic heterocycles. The number of carbonyl (C=O) groups excluding carboxylic acids is 2. The fraction of sp³-hybridized carbons (Fsp3) is 0.619. The largest absolute Gasteiger partial charge is 0.495 e. The molecule has 0 aliphatic carbocycles. The van der Waals surface area contributed by atoms with Crippen LogP contribution in [-0.4, -0.2) is 52.6 Å². The van der Waals surface area contributed by atoms with Gasteiger partial charge >= 0.3 is 0 Å². The van der Waals surface area contributed by atoms with Crippen LogP contribution in [0.3, 0.4) is 0 Å². The summed E-state index contributed by atoms with van der Waals surface area (Å²) in [7, 11) is -1.28. The highest BCUT2D eigenvalue weighted by Crippen LogP contribution is 2.29. The monoisotopic (exact) mass is 442 g/mol. The second kappa shape index (κ2) is 9.04. The number of rotatable bonds is 4. The minimum atomic E-state index is -2.74. The van der Waals surface area contributed by atoms with Crippen LogP contribution < -0.4 is 4.74 Å². The molecule has 0 N–H and O–H groups in total. The van der Waals surface area contributed by atoms with E-state index in [0.29, 0.717) is 36.7 Å². The molecular weight excluding hydrogens is 412 g/mol. The summed E-state index contributed by atoms with van der Waals surface area (Å²) in [5, 5.41) is 0.164. The fourth-order valence-electron chi connectivity index (χ4n) is 3.24. The number of ether oxygens (including phenoxy) is 1. The van der Waals surface area contributed by atoms with E-state index < -0.39 is 15.6 Å². The lowest BCUT2D eigenvalue weighted by Crippen LogP contribution is -2.46. The lowest BCUT2D eigenvalue weighted by molar-refractivity contribution is -0.139. The van der Waals surface area contributed by atoms with E-state index in [1.165, 1.54) is 19.4 Å². The van der Waals surface area contributed by atoms with Crippen LogP contribution in [0.1, 0.15) is 50.9 Å². The van der Waals surface area contributed by atoms with Gasteiger partial charge in [-0.3, -0.25) is 9.59 Å². The predicted octanol–water partition coefficient (Wildman–Crippen LogP) is 4.26. The third kappa shape index (κ3) is 5.72. The van der Waals surface area contributed by atoms with Gasteiger partial charge in [-0.2, -0.15) is 4.36 Å². The summed E-state index contributed by atoms with van der Waals surface area (Å²) < 4.78 is 22.3. The predicted molar refractivity (Wildman–Crippen MR) is 117 cm³/mol. The normalized spacial score (nSPS) is 18.7. The van der Waals surface area contributed by atoms with Crippen molar-refractivity contribution in [2.45, 2.75) is 45.8 Å². The van der Waals surface area contributed by atoms with E-state index in [-0.39, 0.29) is 28.1 Å². The van der Waals surface area contributed by atoms with E-state index in [2.05, 4.69) is 25.1 Å². The molecule has 1 heterocycles. The summed E-state index contributed by atoms with van der Waals surface area (Å²) >= 11 is 5.99. The van der Waals surface area contributed by atoms with Gasteiger partial charge < -0.3 is 9.64 Å². The van der Waals surface area contributed by atoms with Crippen LogP contribution in [0.5, 0.6) is 5.75 Å². The molecule has 0 bridgehead atoms. The van der Waals surface area contributed by atoms with Gasteiger partial charge in [0.2, 0.25) is 5.91 Å². The molecule has 29 heavy (non-hydrogen) atoms. The first-order chi connectivity index (χ1) is 13.4. The van der Waals surface area contributed by atoms with Crippen molar-refractivity contribution in [3.8, 4) is 5.75 Å². The zero-order chi connectivity index (χ0) is 22.0. The van der Waals surface area contributed by atoms with Gasteiger partial charge in [-0.05, 0) is 36.5 Å². The third-order valence-electron chi connectivity index (χ3n) is 5.70. The van der Waals surface area contributed by atoms with Crippen molar-refractivity contribution < 1.29 is 18.5 Å². The number of carbonyl (C=O) groups is 2. The Kier molecular flexibility index (Phi) is 7.38. The first-order valence-corrected chi connectivity index (χ1v) is 12.1. The average molecular weight is 443 g/mol. The van der Waals surface area contributed by atoms with E-state index in [0.717, 1.165) is 0 Å². The molecule has 1 aliphatic rings. The van der Waals surface area contributed by atoms with Crippen LogP contribution in [0, 0.1) is 11.3 Å².